The number of allylic oxidation sites excluding steroid dienone is 3. The Hall–Kier alpha value is -2.11. The number of nitrogens with zero attached hydrogens (tertiary/aromatic N) is 1. The molecule has 6 heteroatoms. The van der Waals surface area contributed by atoms with Crippen molar-refractivity contribution in [1.82, 2.24) is 10.2 Å². The first kappa shape index (κ1) is 24.9. The fraction of sp³-hybridized carbons (Fsp3) is 0.667. The van der Waals surface area contributed by atoms with Crippen LogP contribution in [-0.2, 0) is 14.4 Å². The van der Waals surface area contributed by atoms with Gasteiger partial charge in [0.1, 0.15) is 0 Å². The van der Waals surface area contributed by atoms with Gasteiger partial charge in [-0.3, -0.25) is 14.4 Å². The average Bonchev–Trinajstić information content (AvgIpc) is 2.63. The minimum Gasteiger partial charge on any atom is -0.481 e. The van der Waals surface area contributed by atoms with Gasteiger partial charge in [-0.1, -0.05) is 31.9 Å². The standard InChI is InChI=1S/C21H36N2O4/c1-6-7-8-11-18(12-9-10-13-20(25)26)14-15-19(21(27)22-4)16(2)23(5)17(3)24/h8,11,18H,6-7,9-10,12-15H2,1-5H3,(H,22,27)(H,25,26)/b11-8+,19-16-. The molecule has 1 unspecified atom stereocenters. The monoisotopic (exact) mass is 380 g/mol. The molecule has 1 atom stereocenters. The largest absolute Gasteiger partial charge is 0.481 e. The molecule has 0 radical (unpaired) electrons. The molecule has 0 rings (SSSR count). The van der Waals surface area contributed by atoms with Crippen LogP contribution in [0.3, 0.4) is 0 Å². The molecule has 2 N–H and O–H groups in total. The Labute approximate surface area is 163 Å². The summed E-state index contributed by atoms with van der Waals surface area (Å²) in [4.78, 5) is 36.1. The summed E-state index contributed by atoms with van der Waals surface area (Å²) in [7, 11) is 3.26. The van der Waals surface area contributed by atoms with Gasteiger partial charge in [0.2, 0.25) is 11.8 Å². The Bertz CT molecular complexity index is 552. The van der Waals surface area contributed by atoms with E-state index < -0.39 is 5.97 Å². The molecule has 0 bridgehead atoms. The number of aliphatic carboxylic acids is 1. The highest BCUT2D eigenvalue weighted by Crippen LogP contribution is 2.23. The summed E-state index contributed by atoms with van der Waals surface area (Å²) in [6.07, 6.45) is 10.4. The molecule has 2 amide bonds. The smallest absolute Gasteiger partial charge is 0.303 e. The average molecular weight is 381 g/mol. The Balaban J connectivity index is 5.11. The van der Waals surface area contributed by atoms with E-state index in [0.717, 1.165) is 32.1 Å². The lowest BCUT2D eigenvalue weighted by molar-refractivity contribution is -0.137. The van der Waals surface area contributed by atoms with Crippen molar-refractivity contribution >= 4 is 17.8 Å². The number of carbonyl (C=O) groups excluding carboxylic acids is 2. The summed E-state index contributed by atoms with van der Waals surface area (Å²) < 4.78 is 0. The third-order valence-electron chi connectivity index (χ3n) is 4.76. The van der Waals surface area contributed by atoms with Crippen molar-refractivity contribution in [3.05, 3.63) is 23.4 Å². The first-order chi connectivity index (χ1) is 12.7. The molecule has 0 aliphatic rings. The molecule has 0 saturated carbocycles. The van der Waals surface area contributed by atoms with Gasteiger partial charge in [-0.05, 0) is 44.9 Å². The number of carboxylic acid groups (broad SMARTS) is 1. The topological polar surface area (TPSA) is 86.7 Å². The zero-order chi connectivity index (χ0) is 20.8. The van der Waals surface area contributed by atoms with Crippen molar-refractivity contribution in [1.29, 1.82) is 0 Å². The quantitative estimate of drug-likeness (QED) is 0.288. The maximum atomic E-state index is 12.3. The first-order valence-corrected chi connectivity index (χ1v) is 9.79. The molecular formula is C21H36N2O4. The van der Waals surface area contributed by atoms with Gasteiger partial charge in [0.25, 0.3) is 0 Å². The van der Waals surface area contributed by atoms with Crippen LogP contribution in [0.5, 0.6) is 0 Å². The lowest BCUT2D eigenvalue weighted by Gasteiger charge is -2.21. The number of carboxylic acids is 1. The van der Waals surface area contributed by atoms with Crippen molar-refractivity contribution in [2.75, 3.05) is 14.1 Å². The van der Waals surface area contributed by atoms with Crippen LogP contribution < -0.4 is 5.32 Å². The number of hydrogen-bond acceptors (Lipinski definition) is 3. The number of carbonyl (C=O) groups is 3. The minimum absolute atomic E-state index is 0.109. The van der Waals surface area contributed by atoms with Crippen molar-refractivity contribution in [3.8, 4) is 0 Å². The van der Waals surface area contributed by atoms with E-state index in [1.807, 2.05) is 0 Å². The normalized spacial score (nSPS) is 13.2. The molecule has 154 valence electrons. The van der Waals surface area contributed by atoms with Crippen LogP contribution >= 0.6 is 0 Å². The van der Waals surface area contributed by atoms with E-state index in [-0.39, 0.29) is 18.2 Å². The van der Waals surface area contributed by atoms with E-state index in [1.165, 1.54) is 11.8 Å². The molecule has 0 fully saturated rings. The molecule has 0 aliphatic carbocycles. The molecule has 0 saturated heterocycles. The van der Waals surface area contributed by atoms with Gasteiger partial charge in [-0.2, -0.15) is 0 Å². The molecule has 0 aromatic carbocycles. The number of hydrogen-bond donors (Lipinski definition) is 2. The van der Waals surface area contributed by atoms with Gasteiger partial charge in [0.05, 0.1) is 0 Å². The van der Waals surface area contributed by atoms with Gasteiger partial charge in [-0.15, -0.1) is 0 Å². The van der Waals surface area contributed by atoms with Crippen LogP contribution in [0.1, 0.15) is 72.1 Å². The van der Waals surface area contributed by atoms with Crippen LogP contribution in [0.4, 0.5) is 0 Å². The summed E-state index contributed by atoms with van der Waals surface area (Å²) in [6.45, 7) is 5.39. The molecule has 0 aromatic rings. The minimum atomic E-state index is -0.763. The number of rotatable bonds is 13. The van der Waals surface area contributed by atoms with Crippen LogP contribution in [-0.4, -0.2) is 41.9 Å². The van der Waals surface area contributed by atoms with Crippen molar-refractivity contribution in [2.45, 2.75) is 72.1 Å². The summed E-state index contributed by atoms with van der Waals surface area (Å²) in [5.41, 5.74) is 1.29. The van der Waals surface area contributed by atoms with E-state index in [4.69, 9.17) is 5.11 Å². The molecule has 0 aromatic heterocycles. The number of nitrogens with one attached hydrogen (secondary N) is 1. The second-order valence-electron chi connectivity index (χ2n) is 6.88. The third kappa shape index (κ3) is 10.6. The highest BCUT2D eigenvalue weighted by atomic mass is 16.4. The Morgan fingerprint density at radius 2 is 1.78 bits per heavy atom. The zero-order valence-corrected chi connectivity index (χ0v) is 17.5. The second kappa shape index (κ2) is 14.0. The van der Waals surface area contributed by atoms with Gasteiger partial charge >= 0.3 is 5.97 Å². The van der Waals surface area contributed by atoms with Gasteiger partial charge in [0, 0.05) is 38.7 Å². The zero-order valence-electron chi connectivity index (χ0n) is 17.5. The molecular weight excluding hydrogens is 344 g/mol. The van der Waals surface area contributed by atoms with Crippen LogP contribution in [0.15, 0.2) is 23.4 Å². The fourth-order valence-electron chi connectivity index (χ4n) is 2.85. The van der Waals surface area contributed by atoms with E-state index in [2.05, 4.69) is 24.4 Å². The van der Waals surface area contributed by atoms with Crippen molar-refractivity contribution < 1.29 is 19.5 Å². The van der Waals surface area contributed by atoms with E-state index in [1.54, 1.807) is 21.0 Å². The Morgan fingerprint density at radius 1 is 1.11 bits per heavy atom. The molecule has 6 nitrogen and oxygen atoms in total. The van der Waals surface area contributed by atoms with Crippen LogP contribution in [0, 0.1) is 5.92 Å². The van der Waals surface area contributed by atoms with Crippen molar-refractivity contribution in [3.63, 3.8) is 0 Å². The Kier molecular flexibility index (Phi) is 12.9. The van der Waals surface area contributed by atoms with Crippen LogP contribution in [0.2, 0.25) is 0 Å². The van der Waals surface area contributed by atoms with Gasteiger partial charge in [0.15, 0.2) is 0 Å². The SMILES string of the molecule is CCC/C=C/C(CCCCC(=O)O)CC/C(C(=O)NC)=C(\C)N(C)C(C)=O. The maximum absolute atomic E-state index is 12.3. The highest BCUT2D eigenvalue weighted by Gasteiger charge is 2.18. The number of likely N-dealkylation sites (N-methyl/N-ethyl adjacent to an activating group) is 1. The number of unbranched alkanes of at least 4 members (excludes halogenated alkanes) is 2. The summed E-state index contributed by atoms with van der Waals surface area (Å²) in [6, 6.07) is 0. The molecule has 0 aliphatic heterocycles. The second-order valence-corrected chi connectivity index (χ2v) is 6.88. The van der Waals surface area contributed by atoms with E-state index in [0.29, 0.717) is 30.0 Å². The number of amides is 2. The lowest BCUT2D eigenvalue weighted by atomic mass is 9.92. The molecule has 0 heterocycles. The fourth-order valence-corrected chi connectivity index (χ4v) is 2.85. The maximum Gasteiger partial charge on any atom is 0.303 e. The van der Waals surface area contributed by atoms with E-state index in [9.17, 15) is 14.4 Å². The summed E-state index contributed by atoms with van der Waals surface area (Å²) in [5, 5.41) is 11.4. The molecule has 0 spiro atoms. The highest BCUT2D eigenvalue weighted by molar-refractivity contribution is 5.94. The van der Waals surface area contributed by atoms with Crippen LogP contribution in [0.25, 0.3) is 0 Å². The summed E-state index contributed by atoms with van der Waals surface area (Å²) >= 11 is 0. The van der Waals surface area contributed by atoms with Gasteiger partial charge in [-0.25, -0.2) is 0 Å². The predicted octanol–water partition coefficient (Wildman–Crippen LogP) is 3.88. The predicted molar refractivity (Wildman–Crippen MR) is 108 cm³/mol. The Morgan fingerprint density at radius 3 is 2.30 bits per heavy atom. The molecule has 27 heavy (non-hydrogen) atoms. The van der Waals surface area contributed by atoms with Crippen molar-refractivity contribution in [2.24, 2.45) is 5.92 Å². The van der Waals surface area contributed by atoms with E-state index >= 15 is 0 Å². The lowest BCUT2D eigenvalue weighted by Crippen LogP contribution is -2.28. The van der Waals surface area contributed by atoms with Gasteiger partial charge < -0.3 is 15.3 Å². The summed E-state index contributed by atoms with van der Waals surface area (Å²) in [5.74, 6) is -0.744. The third-order valence-corrected chi connectivity index (χ3v) is 4.76. The first-order valence-electron chi connectivity index (χ1n) is 9.79.